The van der Waals surface area contributed by atoms with Crippen LogP contribution in [-0.4, -0.2) is 14.0 Å². The number of carbonyl (C=O) groups is 1. The minimum absolute atomic E-state index is 0.220. The summed E-state index contributed by atoms with van der Waals surface area (Å²) in [5.41, 5.74) is 5.26. The van der Waals surface area contributed by atoms with Crippen molar-refractivity contribution in [2.24, 2.45) is 5.73 Å². The molecule has 0 radical (unpaired) electrons. The Morgan fingerprint density at radius 3 is 1.64 bits per heavy atom. The van der Waals surface area contributed by atoms with Gasteiger partial charge in [-0.25, -0.2) is 0 Å². The van der Waals surface area contributed by atoms with E-state index in [9.17, 15) is 4.79 Å². The molecule has 0 aliphatic carbocycles. The van der Waals surface area contributed by atoms with Crippen molar-refractivity contribution >= 4 is 14.0 Å². The molecule has 0 heterocycles. The quantitative estimate of drug-likeness (QED) is 0.484. The molecule has 0 saturated carbocycles. The third-order valence-corrected chi connectivity index (χ3v) is 6.84. The van der Waals surface area contributed by atoms with Crippen molar-refractivity contribution in [1.82, 2.24) is 0 Å². The summed E-state index contributed by atoms with van der Waals surface area (Å²) in [6.07, 6.45) is 5.63. The third kappa shape index (κ3) is 4.23. The highest BCUT2D eigenvalue weighted by Gasteiger charge is 2.30. The molecule has 0 bridgehead atoms. The van der Waals surface area contributed by atoms with Crippen molar-refractivity contribution in [2.45, 2.75) is 24.2 Å². The van der Waals surface area contributed by atoms with Gasteiger partial charge < -0.3 is 5.73 Å². The summed E-state index contributed by atoms with van der Waals surface area (Å²) in [4.78, 5) is 11.0. The first-order chi connectivity index (χ1) is 6.60. The Morgan fingerprint density at radius 2 is 1.43 bits per heavy atom. The van der Waals surface area contributed by atoms with Gasteiger partial charge in [-0.3, -0.25) is 4.79 Å². The molecule has 78 valence electrons. The van der Waals surface area contributed by atoms with E-state index in [2.05, 4.69) is 19.7 Å². The topological polar surface area (TPSA) is 43.1 Å². The number of allylic oxidation sites excluding steroid dienone is 3. The van der Waals surface area contributed by atoms with Gasteiger partial charge in [-0.1, -0.05) is 18.2 Å². The molecule has 0 rings (SSSR count). The fraction of sp³-hybridized carbons (Fsp3) is 0.364. The van der Waals surface area contributed by atoms with Gasteiger partial charge >= 0.3 is 0 Å². The maximum absolute atomic E-state index is 11.0. The minimum atomic E-state index is -1.69. The minimum Gasteiger partial charge on any atom is -0.370 e. The lowest BCUT2D eigenvalue weighted by Gasteiger charge is -2.26. The molecule has 0 spiro atoms. The molecule has 0 aromatic heterocycles. The van der Waals surface area contributed by atoms with Gasteiger partial charge in [-0.15, -0.1) is 19.7 Å². The number of amides is 1. The summed E-state index contributed by atoms with van der Waals surface area (Å²) in [7, 11) is -1.69. The second-order valence-corrected chi connectivity index (χ2v) is 8.20. The molecule has 0 fully saturated rings. The van der Waals surface area contributed by atoms with Gasteiger partial charge in [0.05, 0.1) is 8.07 Å². The molecule has 0 unspecified atom stereocenters. The molecule has 2 N–H and O–H groups in total. The first kappa shape index (κ1) is 12.9. The zero-order chi connectivity index (χ0) is 11.0. The number of hydrogen-bond donors (Lipinski definition) is 1. The summed E-state index contributed by atoms with van der Waals surface area (Å²) in [6.45, 7) is 11.2. The lowest BCUT2D eigenvalue weighted by Crippen LogP contribution is -2.37. The van der Waals surface area contributed by atoms with Crippen LogP contribution in [0.5, 0.6) is 0 Å². The monoisotopic (exact) mass is 209 g/mol. The smallest absolute Gasteiger partial charge is 0.214 e. The van der Waals surface area contributed by atoms with E-state index in [0.29, 0.717) is 6.04 Å². The summed E-state index contributed by atoms with van der Waals surface area (Å²) in [5, 5.41) is 0. The Hall–Kier alpha value is -1.09. The fourth-order valence-corrected chi connectivity index (χ4v) is 5.26. The highest BCUT2D eigenvalue weighted by Crippen LogP contribution is 2.26. The standard InChI is InChI=1S/C11H19NOSi/c1-4-7-14(8-5-2,9-6-3)10-11(12)13/h4-6H,1-3,7-10H2,(H2,12,13). The van der Waals surface area contributed by atoms with E-state index in [1.54, 1.807) is 0 Å². The van der Waals surface area contributed by atoms with Gasteiger partial charge in [0, 0.05) is 6.04 Å². The number of nitrogens with two attached hydrogens (primary N) is 1. The molecule has 14 heavy (non-hydrogen) atoms. The van der Waals surface area contributed by atoms with Crippen molar-refractivity contribution in [3.63, 3.8) is 0 Å². The molecule has 3 heteroatoms. The molecule has 0 atom stereocenters. The second-order valence-electron chi connectivity index (χ2n) is 3.62. The lowest BCUT2D eigenvalue weighted by molar-refractivity contribution is -0.116. The van der Waals surface area contributed by atoms with Crippen LogP contribution in [0.3, 0.4) is 0 Å². The van der Waals surface area contributed by atoms with E-state index in [0.717, 1.165) is 18.1 Å². The van der Waals surface area contributed by atoms with E-state index in [-0.39, 0.29) is 5.91 Å². The average molecular weight is 209 g/mol. The number of carbonyl (C=O) groups excluding carboxylic acids is 1. The van der Waals surface area contributed by atoms with Crippen molar-refractivity contribution in [3.05, 3.63) is 38.0 Å². The Balaban J connectivity index is 4.69. The van der Waals surface area contributed by atoms with Crippen LogP contribution in [0.1, 0.15) is 0 Å². The third-order valence-electron chi connectivity index (χ3n) is 2.28. The van der Waals surface area contributed by atoms with Gasteiger partial charge in [0.15, 0.2) is 0 Å². The van der Waals surface area contributed by atoms with Gasteiger partial charge in [0.25, 0.3) is 0 Å². The van der Waals surface area contributed by atoms with Crippen LogP contribution in [0.2, 0.25) is 24.2 Å². The Bertz CT molecular complexity index is 209. The SMILES string of the molecule is C=CC[Si](CC=C)(CC=C)CC(N)=O. The molecule has 0 aromatic carbocycles. The largest absolute Gasteiger partial charge is 0.370 e. The predicted molar refractivity (Wildman–Crippen MR) is 64.8 cm³/mol. The molecule has 1 amide bonds. The Labute approximate surface area is 87.2 Å². The first-order valence-corrected chi connectivity index (χ1v) is 7.54. The zero-order valence-corrected chi connectivity index (χ0v) is 9.67. The number of rotatable bonds is 8. The van der Waals surface area contributed by atoms with Crippen LogP contribution in [0, 0.1) is 0 Å². The lowest BCUT2D eigenvalue weighted by atomic mass is 10.7. The summed E-state index contributed by atoms with van der Waals surface area (Å²) in [5.74, 6) is -0.220. The average Bonchev–Trinajstić information content (AvgIpc) is 2.03. The summed E-state index contributed by atoms with van der Waals surface area (Å²) < 4.78 is 0. The van der Waals surface area contributed by atoms with E-state index in [1.807, 2.05) is 18.2 Å². The molecule has 0 saturated heterocycles. The molecular weight excluding hydrogens is 190 g/mol. The van der Waals surface area contributed by atoms with Crippen LogP contribution < -0.4 is 5.73 Å². The summed E-state index contributed by atoms with van der Waals surface area (Å²) in [6, 6.07) is 3.19. The van der Waals surface area contributed by atoms with Crippen molar-refractivity contribution in [3.8, 4) is 0 Å². The van der Waals surface area contributed by atoms with Crippen LogP contribution in [0.4, 0.5) is 0 Å². The normalized spacial score (nSPS) is 10.6. The van der Waals surface area contributed by atoms with E-state index >= 15 is 0 Å². The second kappa shape index (κ2) is 6.37. The van der Waals surface area contributed by atoms with E-state index < -0.39 is 8.07 Å². The Kier molecular flexibility index (Phi) is 5.88. The molecule has 0 aliphatic rings. The van der Waals surface area contributed by atoms with Gasteiger partial charge in [0.1, 0.15) is 0 Å². The number of hydrogen-bond acceptors (Lipinski definition) is 1. The highest BCUT2D eigenvalue weighted by atomic mass is 28.3. The Morgan fingerprint density at radius 1 is 1.07 bits per heavy atom. The van der Waals surface area contributed by atoms with Crippen LogP contribution in [0.15, 0.2) is 38.0 Å². The fourth-order valence-electron chi connectivity index (χ4n) is 1.75. The van der Waals surface area contributed by atoms with Gasteiger partial charge in [0.2, 0.25) is 5.91 Å². The maximum Gasteiger partial charge on any atom is 0.214 e. The highest BCUT2D eigenvalue weighted by molar-refractivity contribution is 6.83. The molecular formula is C11H19NOSi. The van der Waals surface area contributed by atoms with Crippen LogP contribution in [0.25, 0.3) is 0 Å². The summed E-state index contributed by atoms with van der Waals surface area (Å²) >= 11 is 0. The molecule has 0 aromatic rings. The van der Waals surface area contributed by atoms with Gasteiger partial charge in [-0.2, -0.15) is 0 Å². The molecule has 0 aliphatic heterocycles. The van der Waals surface area contributed by atoms with Gasteiger partial charge in [-0.05, 0) is 18.1 Å². The van der Waals surface area contributed by atoms with E-state index in [1.165, 1.54) is 0 Å². The zero-order valence-electron chi connectivity index (χ0n) is 8.67. The van der Waals surface area contributed by atoms with Crippen LogP contribution in [-0.2, 0) is 4.79 Å². The van der Waals surface area contributed by atoms with Crippen molar-refractivity contribution < 1.29 is 4.79 Å². The molecule has 2 nitrogen and oxygen atoms in total. The van der Waals surface area contributed by atoms with Crippen LogP contribution >= 0.6 is 0 Å². The maximum atomic E-state index is 11.0. The van der Waals surface area contributed by atoms with E-state index in [4.69, 9.17) is 5.73 Å². The first-order valence-electron chi connectivity index (χ1n) is 4.71. The van der Waals surface area contributed by atoms with Crippen molar-refractivity contribution in [1.29, 1.82) is 0 Å². The predicted octanol–water partition coefficient (Wildman–Crippen LogP) is 2.48. The van der Waals surface area contributed by atoms with Crippen molar-refractivity contribution in [2.75, 3.05) is 0 Å². The number of primary amides is 1.